The number of nitrogens with zero attached hydrogens (tertiary/aromatic N) is 2. The lowest BCUT2D eigenvalue weighted by Crippen LogP contribution is -2.45. The summed E-state index contributed by atoms with van der Waals surface area (Å²) in [6, 6.07) is 6.81. The zero-order chi connectivity index (χ0) is 15.0. The molecule has 1 fully saturated rings. The van der Waals surface area contributed by atoms with E-state index in [1.807, 2.05) is 0 Å². The summed E-state index contributed by atoms with van der Waals surface area (Å²) in [5.74, 6) is -0.747. The van der Waals surface area contributed by atoms with Crippen molar-refractivity contribution in [2.75, 3.05) is 6.54 Å². The van der Waals surface area contributed by atoms with E-state index in [9.17, 15) is 18.0 Å². The second-order valence-electron chi connectivity index (χ2n) is 4.86. The maximum absolute atomic E-state index is 12.9. The Hall–Kier alpha value is -2.31. The maximum Gasteiger partial charge on any atom is 0.279 e. The molecule has 2 aromatic rings. The van der Waals surface area contributed by atoms with Crippen molar-refractivity contribution in [1.82, 2.24) is 15.1 Å². The maximum atomic E-state index is 12.9. The SMILES string of the molecule is O=C(c1cc(C(F)F)[nH]n1)N1CC[C@@H]1c1ccc(F)cc1. The van der Waals surface area contributed by atoms with Crippen molar-refractivity contribution in [3.63, 3.8) is 0 Å². The van der Waals surface area contributed by atoms with Crippen molar-refractivity contribution in [2.24, 2.45) is 0 Å². The van der Waals surface area contributed by atoms with Crippen LogP contribution in [0.25, 0.3) is 0 Å². The first-order valence-corrected chi connectivity index (χ1v) is 6.46. The monoisotopic (exact) mass is 295 g/mol. The summed E-state index contributed by atoms with van der Waals surface area (Å²) in [6.45, 7) is 0.526. The Balaban J connectivity index is 1.77. The van der Waals surface area contributed by atoms with Gasteiger partial charge < -0.3 is 4.90 Å². The number of likely N-dealkylation sites (tertiary alicyclic amines) is 1. The standard InChI is InChI=1S/C14H12F3N3O/c15-9-3-1-8(2-4-9)12-5-6-20(12)14(21)11-7-10(13(16)17)18-19-11/h1-4,7,12-13H,5-6H2,(H,18,19)/t12-/m1/s1. The number of H-pyrrole nitrogens is 1. The van der Waals surface area contributed by atoms with Crippen molar-refractivity contribution in [2.45, 2.75) is 18.9 Å². The smallest absolute Gasteiger partial charge is 0.279 e. The average Bonchev–Trinajstić information content (AvgIpc) is 2.90. The molecular formula is C14H12F3N3O. The number of nitrogens with one attached hydrogen (secondary N) is 1. The molecule has 1 N–H and O–H groups in total. The molecule has 1 atom stereocenters. The van der Waals surface area contributed by atoms with Crippen molar-refractivity contribution < 1.29 is 18.0 Å². The highest BCUT2D eigenvalue weighted by molar-refractivity contribution is 5.93. The van der Waals surface area contributed by atoms with Crippen LogP contribution in [-0.2, 0) is 0 Å². The molecule has 0 unspecified atom stereocenters. The third-order valence-electron chi connectivity index (χ3n) is 3.59. The number of aromatic amines is 1. The zero-order valence-electron chi connectivity index (χ0n) is 10.9. The van der Waals surface area contributed by atoms with Gasteiger partial charge in [0.25, 0.3) is 12.3 Å². The molecule has 21 heavy (non-hydrogen) atoms. The highest BCUT2D eigenvalue weighted by Gasteiger charge is 2.35. The lowest BCUT2D eigenvalue weighted by Gasteiger charge is -2.41. The van der Waals surface area contributed by atoms with Crippen LogP contribution in [0.2, 0.25) is 0 Å². The van der Waals surface area contributed by atoms with Gasteiger partial charge in [0.05, 0.1) is 6.04 Å². The van der Waals surface area contributed by atoms with E-state index < -0.39 is 12.3 Å². The number of aromatic nitrogens is 2. The number of hydrogen-bond donors (Lipinski definition) is 1. The average molecular weight is 295 g/mol. The third kappa shape index (κ3) is 2.51. The summed E-state index contributed by atoms with van der Waals surface area (Å²) >= 11 is 0. The van der Waals surface area contributed by atoms with Crippen molar-refractivity contribution in [3.05, 3.63) is 53.1 Å². The lowest BCUT2D eigenvalue weighted by molar-refractivity contribution is 0.0454. The number of benzene rings is 1. The van der Waals surface area contributed by atoms with Gasteiger partial charge in [0.15, 0.2) is 5.69 Å². The molecule has 0 spiro atoms. The van der Waals surface area contributed by atoms with Gasteiger partial charge in [0, 0.05) is 6.54 Å². The molecule has 110 valence electrons. The summed E-state index contributed by atoms with van der Waals surface area (Å²) < 4.78 is 37.9. The quantitative estimate of drug-likeness (QED) is 0.946. The summed E-state index contributed by atoms with van der Waals surface area (Å²) in [6.07, 6.45) is -1.94. The van der Waals surface area contributed by atoms with E-state index in [0.717, 1.165) is 18.1 Å². The van der Waals surface area contributed by atoms with Crippen molar-refractivity contribution in [3.8, 4) is 0 Å². The molecule has 4 nitrogen and oxygen atoms in total. The molecule has 0 radical (unpaired) electrons. The fraction of sp³-hybridized carbons (Fsp3) is 0.286. The van der Waals surface area contributed by atoms with E-state index in [4.69, 9.17) is 0 Å². The minimum absolute atomic E-state index is 0.0305. The van der Waals surface area contributed by atoms with Gasteiger partial charge in [-0.2, -0.15) is 5.10 Å². The van der Waals surface area contributed by atoms with Crippen LogP contribution in [0.4, 0.5) is 13.2 Å². The Morgan fingerprint density at radius 1 is 1.33 bits per heavy atom. The molecular weight excluding hydrogens is 283 g/mol. The number of hydrogen-bond acceptors (Lipinski definition) is 2. The van der Waals surface area contributed by atoms with E-state index in [1.165, 1.54) is 12.1 Å². The van der Waals surface area contributed by atoms with Gasteiger partial charge in [0.2, 0.25) is 0 Å². The fourth-order valence-corrected chi connectivity index (χ4v) is 2.37. The van der Waals surface area contributed by atoms with Crippen LogP contribution >= 0.6 is 0 Å². The van der Waals surface area contributed by atoms with Gasteiger partial charge in [-0.3, -0.25) is 9.89 Å². The molecule has 1 aromatic carbocycles. The number of carbonyl (C=O) groups excluding carboxylic acids is 1. The molecule has 0 saturated carbocycles. The first-order valence-electron chi connectivity index (χ1n) is 6.46. The normalized spacial score (nSPS) is 17.9. The number of carbonyl (C=O) groups is 1. The number of alkyl halides is 2. The minimum Gasteiger partial charge on any atom is -0.330 e. The van der Waals surface area contributed by atoms with Gasteiger partial charge in [-0.15, -0.1) is 0 Å². The minimum atomic E-state index is -2.69. The Kier molecular flexibility index (Phi) is 3.40. The van der Waals surface area contributed by atoms with E-state index in [0.29, 0.717) is 6.54 Å². The molecule has 7 heteroatoms. The predicted molar refractivity (Wildman–Crippen MR) is 68.3 cm³/mol. The van der Waals surface area contributed by atoms with Crippen LogP contribution in [0.5, 0.6) is 0 Å². The van der Waals surface area contributed by atoms with Gasteiger partial charge in [-0.25, -0.2) is 13.2 Å². The summed E-state index contributed by atoms with van der Waals surface area (Å²) in [5.41, 5.74) is 0.412. The summed E-state index contributed by atoms with van der Waals surface area (Å²) in [7, 11) is 0. The van der Waals surface area contributed by atoms with E-state index in [2.05, 4.69) is 10.2 Å². The van der Waals surface area contributed by atoms with Crippen LogP contribution in [0.3, 0.4) is 0 Å². The van der Waals surface area contributed by atoms with Crippen LogP contribution < -0.4 is 0 Å². The van der Waals surface area contributed by atoms with Gasteiger partial charge in [-0.05, 0) is 30.2 Å². The first-order chi connectivity index (χ1) is 10.1. The van der Waals surface area contributed by atoms with Gasteiger partial charge in [-0.1, -0.05) is 12.1 Å². The molecule has 0 bridgehead atoms. The number of amides is 1. The van der Waals surface area contributed by atoms with Crippen LogP contribution in [-0.4, -0.2) is 27.5 Å². The van der Waals surface area contributed by atoms with Gasteiger partial charge >= 0.3 is 0 Å². The van der Waals surface area contributed by atoms with E-state index >= 15 is 0 Å². The topological polar surface area (TPSA) is 49.0 Å². The number of rotatable bonds is 3. The second-order valence-corrected chi connectivity index (χ2v) is 4.86. The Labute approximate surface area is 118 Å². The van der Waals surface area contributed by atoms with Crippen LogP contribution in [0.15, 0.2) is 30.3 Å². The molecule has 1 amide bonds. The first kappa shape index (κ1) is 13.7. The lowest BCUT2D eigenvalue weighted by atomic mass is 9.94. The Bertz CT molecular complexity index is 654. The summed E-state index contributed by atoms with van der Waals surface area (Å²) in [4.78, 5) is 13.8. The molecule has 0 aliphatic carbocycles. The molecule has 3 rings (SSSR count). The third-order valence-corrected chi connectivity index (χ3v) is 3.59. The molecule has 1 aromatic heterocycles. The second kappa shape index (κ2) is 5.23. The Morgan fingerprint density at radius 3 is 2.57 bits per heavy atom. The highest BCUT2D eigenvalue weighted by atomic mass is 19.3. The van der Waals surface area contributed by atoms with E-state index in [-0.39, 0.29) is 23.2 Å². The van der Waals surface area contributed by atoms with Crippen LogP contribution in [0, 0.1) is 5.82 Å². The molecule has 2 heterocycles. The molecule has 1 saturated heterocycles. The molecule has 1 aliphatic rings. The summed E-state index contributed by atoms with van der Waals surface area (Å²) in [5, 5.41) is 5.78. The Morgan fingerprint density at radius 2 is 2.05 bits per heavy atom. The number of halogens is 3. The largest absolute Gasteiger partial charge is 0.330 e. The van der Waals surface area contributed by atoms with Crippen LogP contribution in [0.1, 0.15) is 40.6 Å². The zero-order valence-corrected chi connectivity index (χ0v) is 10.9. The highest BCUT2D eigenvalue weighted by Crippen LogP contribution is 2.34. The van der Waals surface area contributed by atoms with Gasteiger partial charge in [0.1, 0.15) is 11.5 Å². The molecule has 1 aliphatic heterocycles. The van der Waals surface area contributed by atoms with Crippen molar-refractivity contribution >= 4 is 5.91 Å². The fourth-order valence-electron chi connectivity index (χ4n) is 2.37. The van der Waals surface area contributed by atoms with E-state index in [1.54, 1.807) is 17.0 Å². The van der Waals surface area contributed by atoms with Crippen molar-refractivity contribution in [1.29, 1.82) is 0 Å². The predicted octanol–water partition coefficient (Wildman–Crippen LogP) is 3.07.